The van der Waals surface area contributed by atoms with Crippen LogP contribution in [0.3, 0.4) is 0 Å². The van der Waals surface area contributed by atoms with Gasteiger partial charge >= 0.3 is 0 Å². The number of ether oxygens (including phenoxy) is 2. The third kappa shape index (κ3) is 6.92. The lowest BCUT2D eigenvalue weighted by molar-refractivity contribution is -0.384. The Morgan fingerprint density at radius 3 is 2.60 bits per heavy atom. The average molecular weight is 412 g/mol. The van der Waals surface area contributed by atoms with Gasteiger partial charge in [-0.2, -0.15) is 0 Å². The van der Waals surface area contributed by atoms with Crippen molar-refractivity contribution in [1.82, 2.24) is 0 Å². The molecule has 7 heteroatoms. The van der Waals surface area contributed by atoms with Crippen molar-refractivity contribution >= 4 is 23.4 Å². The van der Waals surface area contributed by atoms with E-state index in [4.69, 9.17) is 9.47 Å². The number of nitro groups is 1. The maximum absolute atomic E-state index is 12.2. The smallest absolute Gasteiger partial charge is 0.269 e. The number of non-ortho nitro benzene ring substituents is 1. The molecule has 160 valence electrons. The SMILES string of the molecule is CCCCCCOc1ccc(/C=C/C(=O)Nc2ccc([N+](=O)[O-])cc2C)cc1OC. The van der Waals surface area contributed by atoms with Crippen LogP contribution in [-0.4, -0.2) is 24.5 Å². The van der Waals surface area contributed by atoms with Gasteiger partial charge in [-0.3, -0.25) is 14.9 Å². The van der Waals surface area contributed by atoms with Crippen LogP contribution in [0.25, 0.3) is 6.08 Å². The number of rotatable bonds is 11. The lowest BCUT2D eigenvalue weighted by atomic mass is 10.1. The minimum absolute atomic E-state index is 0.0131. The third-order valence-corrected chi connectivity index (χ3v) is 4.55. The number of anilines is 1. The molecule has 0 heterocycles. The van der Waals surface area contributed by atoms with Crippen molar-refractivity contribution in [3.63, 3.8) is 0 Å². The summed E-state index contributed by atoms with van der Waals surface area (Å²) in [4.78, 5) is 22.6. The summed E-state index contributed by atoms with van der Waals surface area (Å²) in [5, 5.41) is 13.5. The zero-order chi connectivity index (χ0) is 21.9. The Morgan fingerprint density at radius 1 is 1.13 bits per heavy atom. The molecule has 0 aliphatic rings. The molecule has 0 aromatic heterocycles. The molecule has 0 saturated heterocycles. The van der Waals surface area contributed by atoms with E-state index in [1.165, 1.54) is 37.1 Å². The molecule has 0 unspecified atom stereocenters. The number of benzene rings is 2. The Hall–Kier alpha value is -3.35. The summed E-state index contributed by atoms with van der Waals surface area (Å²) in [6.07, 6.45) is 7.60. The number of unbranched alkanes of at least 4 members (excludes halogenated alkanes) is 3. The second-order valence-corrected chi connectivity index (χ2v) is 6.90. The zero-order valence-electron chi connectivity index (χ0n) is 17.6. The maximum Gasteiger partial charge on any atom is 0.269 e. The molecule has 2 aromatic rings. The van der Waals surface area contributed by atoms with Gasteiger partial charge in [0, 0.05) is 23.9 Å². The van der Waals surface area contributed by atoms with E-state index in [1.54, 1.807) is 20.1 Å². The summed E-state index contributed by atoms with van der Waals surface area (Å²) in [7, 11) is 1.58. The van der Waals surface area contributed by atoms with E-state index in [0.717, 1.165) is 18.4 Å². The Bertz CT molecular complexity index is 908. The third-order valence-electron chi connectivity index (χ3n) is 4.55. The van der Waals surface area contributed by atoms with E-state index in [1.807, 2.05) is 18.2 Å². The van der Waals surface area contributed by atoms with Crippen LogP contribution in [0, 0.1) is 17.0 Å². The fraction of sp³-hybridized carbons (Fsp3) is 0.348. The van der Waals surface area contributed by atoms with Gasteiger partial charge in [-0.25, -0.2) is 0 Å². The largest absolute Gasteiger partial charge is 0.493 e. The van der Waals surface area contributed by atoms with Crippen LogP contribution < -0.4 is 14.8 Å². The molecule has 0 radical (unpaired) electrons. The van der Waals surface area contributed by atoms with Crippen LogP contribution in [-0.2, 0) is 4.79 Å². The average Bonchev–Trinajstić information content (AvgIpc) is 2.73. The fourth-order valence-electron chi connectivity index (χ4n) is 2.87. The van der Waals surface area contributed by atoms with Crippen LogP contribution >= 0.6 is 0 Å². The van der Waals surface area contributed by atoms with Crippen molar-refractivity contribution in [1.29, 1.82) is 0 Å². The molecule has 0 spiro atoms. The van der Waals surface area contributed by atoms with E-state index in [9.17, 15) is 14.9 Å². The summed E-state index contributed by atoms with van der Waals surface area (Å²) in [5.41, 5.74) is 1.93. The maximum atomic E-state index is 12.2. The van der Waals surface area contributed by atoms with E-state index in [-0.39, 0.29) is 11.6 Å². The monoisotopic (exact) mass is 412 g/mol. The topological polar surface area (TPSA) is 90.7 Å². The predicted molar refractivity (Wildman–Crippen MR) is 118 cm³/mol. The van der Waals surface area contributed by atoms with E-state index >= 15 is 0 Å². The number of nitrogens with zero attached hydrogens (tertiary/aromatic N) is 1. The van der Waals surface area contributed by atoms with Crippen LogP contribution in [0.1, 0.15) is 43.7 Å². The van der Waals surface area contributed by atoms with Gasteiger partial charge in [0.1, 0.15) is 0 Å². The highest BCUT2D eigenvalue weighted by Gasteiger charge is 2.09. The number of carbonyl (C=O) groups is 1. The van der Waals surface area contributed by atoms with Gasteiger partial charge in [-0.05, 0) is 48.7 Å². The van der Waals surface area contributed by atoms with Crippen molar-refractivity contribution < 1.29 is 19.2 Å². The van der Waals surface area contributed by atoms with Crippen LogP contribution in [0.5, 0.6) is 11.5 Å². The van der Waals surface area contributed by atoms with Crippen molar-refractivity contribution in [2.75, 3.05) is 19.0 Å². The highest BCUT2D eigenvalue weighted by atomic mass is 16.6. The van der Waals surface area contributed by atoms with Gasteiger partial charge in [-0.15, -0.1) is 0 Å². The standard InChI is InChI=1S/C23H28N2O5/c1-4-5-6-7-14-30-21-12-8-18(16-22(21)29-3)9-13-23(26)24-20-11-10-19(25(27)28)15-17(20)2/h8-13,15-16H,4-7,14H2,1-3H3,(H,24,26)/b13-9+. The zero-order valence-corrected chi connectivity index (χ0v) is 17.6. The summed E-state index contributed by atoms with van der Waals surface area (Å²) in [5.74, 6) is 0.957. The molecule has 1 amide bonds. The van der Waals surface area contributed by atoms with Crippen LogP contribution in [0.15, 0.2) is 42.5 Å². The number of aryl methyl sites for hydroxylation is 1. The van der Waals surface area contributed by atoms with Gasteiger partial charge in [-0.1, -0.05) is 32.3 Å². The molecule has 0 saturated carbocycles. The first kappa shape index (κ1) is 22.9. The quantitative estimate of drug-likeness (QED) is 0.227. The first-order chi connectivity index (χ1) is 14.4. The summed E-state index contributed by atoms with van der Waals surface area (Å²) >= 11 is 0. The first-order valence-corrected chi connectivity index (χ1v) is 9.99. The number of amides is 1. The van der Waals surface area contributed by atoms with Gasteiger partial charge in [0.2, 0.25) is 5.91 Å². The number of nitrogens with one attached hydrogen (secondary N) is 1. The Balaban J connectivity index is 1.98. The van der Waals surface area contributed by atoms with Gasteiger partial charge in [0.15, 0.2) is 11.5 Å². The first-order valence-electron chi connectivity index (χ1n) is 9.99. The number of hydrogen-bond acceptors (Lipinski definition) is 5. The Kier molecular flexibility index (Phi) is 8.87. The van der Waals surface area contributed by atoms with E-state index < -0.39 is 4.92 Å². The minimum Gasteiger partial charge on any atom is -0.493 e. The lowest BCUT2D eigenvalue weighted by Crippen LogP contribution is -2.09. The fourth-order valence-corrected chi connectivity index (χ4v) is 2.87. The van der Waals surface area contributed by atoms with E-state index in [0.29, 0.717) is 29.4 Å². The van der Waals surface area contributed by atoms with Gasteiger partial charge in [0.25, 0.3) is 5.69 Å². The molecule has 0 bridgehead atoms. The molecule has 1 N–H and O–H groups in total. The van der Waals surface area contributed by atoms with Crippen molar-refractivity contribution in [2.24, 2.45) is 0 Å². The van der Waals surface area contributed by atoms with E-state index in [2.05, 4.69) is 12.2 Å². The molecular weight excluding hydrogens is 384 g/mol. The molecule has 0 fully saturated rings. The predicted octanol–water partition coefficient (Wildman–Crippen LogP) is 5.52. The number of methoxy groups -OCH3 is 1. The van der Waals surface area contributed by atoms with Gasteiger partial charge in [0.05, 0.1) is 18.6 Å². The highest BCUT2D eigenvalue weighted by Crippen LogP contribution is 2.29. The second-order valence-electron chi connectivity index (χ2n) is 6.90. The molecule has 7 nitrogen and oxygen atoms in total. The summed E-state index contributed by atoms with van der Waals surface area (Å²) in [6, 6.07) is 9.79. The normalized spacial score (nSPS) is 10.8. The number of hydrogen-bond donors (Lipinski definition) is 1. The second kappa shape index (κ2) is 11.6. The molecule has 2 rings (SSSR count). The summed E-state index contributed by atoms with van der Waals surface area (Å²) in [6.45, 7) is 4.52. The molecule has 0 aliphatic heterocycles. The van der Waals surface area contributed by atoms with Crippen molar-refractivity contribution in [2.45, 2.75) is 39.5 Å². The van der Waals surface area contributed by atoms with Crippen molar-refractivity contribution in [3.05, 3.63) is 63.7 Å². The van der Waals surface area contributed by atoms with Crippen LogP contribution in [0.2, 0.25) is 0 Å². The molecule has 2 aromatic carbocycles. The number of carbonyl (C=O) groups excluding carboxylic acids is 1. The minimum atomic E-state index is -0.468. The molecule has 0 atom stereocenters. The Labute approximate surface area is 176 Å². The van der Waals surface area contributed by atoms with Gasteiger partial charge < -0.3 is 14.8 Å². The lowest BCUT2D eigenvalue weighted by Gasteiger charge is -2.11. The molecule has 30 heavy (non-hydrogen) atoms. The molecule has 0 aliphatic carbocycles. The Morgan fingerprint density at radius 2 is 1.93 bits per heavy atom. The van der Waals surface area contributed by atoms with Crippen molar-refractivity contribution in [3.8, 4) is 11.5 Å². The highest BCUT2D eigenvalue weighted by molar-refractivity contribution is 6.02. The van der Waals surface area contributed by atoms with Crippen LogP contribution in [0.4, 0.5) is 11.4 Å². The number of nitro benzene ring substituents is 1. The molecular formula is C23H28N2O5. The summed E-state index contributed by atoms with van der Waals surface area (Å²) < 4.78 is 11.2.